The highest BCUT2D eigenvalue weighted by molar-refractivity contribution is 6.99. The molecule has 3 aliphatic rings. The minimum Gasteiger partial charge on any atom is -0.462 e. The van der Waals surface area contributed by atoms with Gasteiger partial charge in [0.2, 0.25) is 0 Å². The molecule has 2 aromatic carbocycles. The Hall–Kier alpha value is -2.28. The standard InChI is InChI=1S/C37H52O5Si/c1-26(39)41-34-31-17-18-33(40)37(31,6)23-20-32(34)36(5)22-19-28(25-27(36)21-24-38)42-43(35(2,3)4,29-13-9-7-10-14-29)30-15-11-8-12-16-30/h7-16,27-28,31-32,34,38H,17-25H2,1-6H3/t27-,28-,31?,32?,34?,36-,37?/m0/s1. The first kappa shape index (κ1) is 32.1. The Morgan fingerprint density at radius 2 is 1.53 bits per heavy atom. The fraction of sp³-hybridized carbons (Fsp3) is 0.622. The molecule has 0 heterocycles. The third kappa shape index (κ3) is 5.68. The number of ketones is 1. The van der Waals surface area contributed by atoms with Crippen LogP contribution < -0.4 is 10.4 Å². The van der Waals surface area contributed by atoms with Crippen molar-refractivity contribution in [3.05, 3.63) is 60.7 Å². The number of rotatable bonds is 8. The van der Waals surface area contributed by atoms with Crippen LogP contribution in [-0.4, -0.2) is 44.0 Å². The van der Waals surface area contributed by atoms with Gasteiger partial charge in [0.05, 0.1) is 0 Å². The highest BCUT2D eigenvalue weighted by Gasteiger charge is 2.60. The smallest absolute Gasteiger partial charge is 0.302 e. The van der Waals surface area contributed by atoms with E-state index >= 15 is 0 Å². The number of carbonyl (C=O) groups is 2. The van der Waals surface area contributed by atoms with E-state index < -0.39 is 13.7 Å². The van der Waals surface area contributed by atoms with Crippen LogP contribution in [0.25, 0.3) is 0 Å². The van der Waals surface area contributed by atoms with Gasteiger partial charge in [-0.15, -0.1) is 0 Å². The number of esters is 1. The minimum atomic E-state index is -2.72. The van der Waals surface area contributed by atoms with Crippen molar-refractivity contribution in [2.24, 2.45) is 28.6 Å². The number of benzene rings is 2. The van der Waals surface area contributed by atoms with Crippen LogP contribution in [0.1, 0.15) is 92.9 Å². The Morgan fingerprint density at radius 1 is 0.930 bits per heavy atom. The van der Waals surface area contributed by atoms with Crippen LogP contribution >= 0.6 is 0 Å². The first-order chi connectivity index (χ1) is 20.4. The van der Waals surface area contributed by atoms with Gasteiger partial charge in [-0.3, -0.25) is 9.59 Å². The molecule has 5 rings (SSSR count). The number of fused-ring (bicyclic) bond motifs is 1. The number of Topliss-reactive ketones (excluding diaryl/α,β-unsaturated/α-hetero) is 1. The summed E-state index contributed by atoms with van der Waals surface area (Å²) in [7, 11) is -2.72. The van der Waals surface area contributed by atoms with Gasteiger partial charge in [-0.2, -0.15) is 0 Å². The topological polar surface area (TPSA) is 72.8 Å². The van der Waals surface area contributed by atoms with Crippen LogP contribution in [0.2, 0.25) is 5.04 Å². The molecule has 3 aliphatic carbocycles. The van der Waals surface area contributed by atoms with Crippen LogP contribution in [0, 0.1) is 28.6 Å². The maximum atomic E-state index is 13.0. The molecule has 1 N–H and O–H groups in total. The molecule has 6 heteroatoms. The van der Waals surface area contributed by atoms with E-state index in [0.717, 1.165) is 38.5 Å². The SMILES string of the molecule is CC(=O)OC1C2CCC(=O)C2(C)CCC1[C@@]1(C)CC[C@H](O[Si](c2ccccc2)(c2ccccc2)C(C)(C)C)C[C@@H]1CCO. The maximum Gasteiger partial charge on any atom is 0.302 e. The fourth-order valence-corrected chi connectivity index (χ4v) is 14.2. The largest absolute Gasteiger partial charge is 0.462 e. The Labute approximate surface area is 259 Å². The summed E-state index contributed by atoms with van der Waals surface area (Å²) in [6.07, 6.45) is 6.33. The third-order valence-corrected chi connectivity index (χ3v) is 16.9. The second-order valence-electron chi connectivity index (χ2n) is 15.1. The first-order valence-electron chi connectivity index (χ1n) is 16.5. The molecule has 5 nitrogen and oxygen atoms in total. The Bertz CT molecular complexity index is 1230. The summed E-state index contributed by atoms with van der Waals surface area (Å²) in [6, 6.07) is 21.6. The molecule has 0 saturated heterocycles. The molecule has 0 aromatic heterocycles. The van der Waals surface area contributed by atoms with Crippen molar-refractivity contribution in [2.75, 3.05) is 6.61 Å². The monoisotopic (exact) mass is 604 g/mol. The molecule has 0 aliphatic heterocycles. The number of aliphatic hydroxyl groups is 1. The van der Waals surface area contributed by atoms with E-state index in [4.69, 9.17) is 9.16 Å². The molecule has 7 atom stereocenters. The average Bonchev–Trinajstić information content (AvgIpc) is 3.28. The zero-order valence-electron chi connectivity index (χ0n) is 27.1. The van der Waals surface area contributed by atoms with Gasteiger partial charge in [-0.05, 0) is 71.7 Å². The lowest BCUT2D eigenvalue weighted by Crippen LogP contribution is -2.68. The first-order valence-corrected chi connectivity index (χ1v) is 18.4. The van der Waals surface area contributed by atoms with Gasteiger partial charge >= 0.3 is 5.97 Å². The molecule has 43 heavy (non-hydrogen) atoms. The van der Waals surface area contributed by atoms with Crippen molar-refractivity contribution < 1.29 is 23.9 Å². The van der Waals surface area contributed by atoms with Gasteiger partial charge in [0.15, 0.2) is 0 Å². The van der Waals surface area contributed by atoms with Crippen molar-refractivity contribution >= 4 is 30.4 Å². The third-order valence-electron chi connectivity index (χ3n) is 11.8. The van der Waals surface area contributed by atoms with Gasteiger partial charge in [0.1, 0.15) is 11.9 Å². The zero-order chi connectivity index (χ0) is 31.0. The molecule has 3 saturated carbocycles. The molecular formula is C37H52O5Si. The van der Waals surface area contributed by atoms with Gasteiger partial charge in [0.25, 0.3) is 8.32 Å². The predicted molar refractivity (Wildman–Crippen MR) is 174 cm³/mol. The van der Waals surface area contributed by atoms with E-state index in [1.165, 1.54) is 17.3 Å². The summed E-state index contributed by atoms with van der Waals surface area (Å²) in [5.74, 6) is 0.516. The van der Waals surface area contributed by atoms with Crippen LogP contribution in [0.5, 0.6) is 0 Å². The van der Waals surface area contributed by atoms with Crippen molar-refractivity contribution in [3.63, 3.8) is 0 Å². The lowest BCUT2D eigenvalue weighted by atomic mass is 9.51. The van der Waals surface area contributed by atoms with Crippen LogP contribution in [0.4, 0.5) is 0 Å². The number of hydrogen-bond acceptors (Lipinski definition) is 5. The minimum absolute atomic E-state index is 0.0602. The molecule has 0 spiro atoms. The lowest BCUT2D eigenvalue weighted by molar-refractivity contribution is -0.176. The Balaban J connectivity index is 1.49. The van der Waals surface area contributed by atoms with Crippen molar-refractivity contribution in [1.29, 1.82) is 0 Å². The zero-order valence-corrected chi connectivity index (χ0v) is 28.1. The van der Waals surface area contributed by atoms with E-state index in [-0.39, 0.29) is 53.0 Å². The number of aliphatic hydroxyl groups excluding tert-OH is 1. The van der Waals surface area contributed by atoms with Crippen LogP contribution in [-0.2, 0) is 18.8 Å². The normalized spacial score (nSPS) is 33.2. The molecule has 234 valence electrons. The van der Waals surface area contributed by atoms with E-state index in [1.807, 2.05) is 0 Å². The van der Waals surface area contributed by atoms with E-state index in [1.54, 1.807) is 0 Å². The second-order valence-corrected chi connectivity index (χ2v) is 19.4. The molecule has 0 bridgehead atoms. The summed E-state index contributed by atoms with van der Waals surface area (Å²) >= 11 is 0. The summed E-state index contributed by atoms with van der Waals surface area (Å²) in [4.78, 5) is 25.4. The Kier molecular flexibility index (Phi) is 9.15. The van der Waals surface area contributed by atoms with Gasteiger partial charge < -0.3 is 14.3 Å². The highest BCUT2D eigenvalue weighted by atomic mass is 28.4. The number of carbonyl (C=O) groups excluding carboxylic acids is 2. The summed E-state index contributed by atoms with van der Waals surface area (Å²) in [5, 5.41) is 12.8. The summed E-state index contributed by atoms with van der Waals surface area (Å²) in [5.41, 5.74) is -0.524. The molecule has 4 unspecified atom stereocenters. The van der Waals surface area contributed by atoms with Crippen LogP contribution in [0.15, 0.2) is 60.7 Å². The van der Waals surface area contributed by atoms with Crippen molar-refractivity contribution in [1.82, 2.24) is 0 Å². The van der Waals surface area contributed by atoms with Crippen molar-refractivity contribution in [2.45, 2.75) is 110 Å². The molecular weight excluding hydrogens is 552 g/mol. The van der Waals surface area contributed by atoms with Crippen LogP contribution in [0.3, 0.4) is 0 Å². The van der Waals surface area contributed by atoms with Gasteiger partial charge in [-0.1, -0.05) is 95.3 Å². The predicted octanol–water partition coefficient (Wildman–Crippen LogP) is 6.45. The van der Waals surface area contributed by atoms with Gasteiger partial charge in [-0.25, -0.2) is 0 Å². The van der Waals surface area contributed by atoms with E-state index in [0.29, 0.717) is 18.6 Å². The van der Waals surface area contributed by atoms with E-state index in [2.05, 4.69) is 95.3 Å². The molecule has 3 fully saturated rings. The Morgan fingerprint density at radius 3 is 2.07 bits per heavy atom. The fourth-order valence-electron chi connectivity index (χ4n) is 9.43. The summed E-state index contributed by atoms with van der Waals surface area (Å²) in [6.45, 7) is 13.1. The molecule has 0 radical (unpaired) electrons. The molecule has 0 amide bonds. The number of hydrogen-bond donors (Lipinski definition) is 1. The summed E-state index contributed by atoms with van der Waals surface area (Å²) < 4.78 is 13.8. The lowest BCUT2D eigenvalue weighted by Gasteiger charge is -2.56. The van der Waals surface area contributed by atoms with Crippen molar-refractivity contribution in [3.8, 4) is 0 Å². The second kappa shape index (κ2) is 12.2. The average molecular weight is 605 g/mol. The van der Waals surface area contributed by atoms with Gasteiger partial charge in [0, 0.05) is 43.3 Å². The van der Waals surface area contributed by atoms with E-state index in [9.17, 15) is 14.7 Å². The highest BCUT2D eigenvalue weighted by Crippen LogP contribution is 2.60. The molecule has 2 aromatic rings. The quantitative estimate of drug-likeness (QED) is 0.277. The maximum absolute atomic E-state index is 13.0. The number of ether oxygens (including phenoxy) is 1.